The van der Waals surface area contributed by atoms with Crippen molar-refractivity contribution in [1.29, 1.82) is 0 Å². The molecule has 20 heavy (non-hydrogen) atoms. The first-order chi connectivity index (χ1) is 9.65. The fourth-order valence-corrected chi connectivity index (χ4v) is 3.11. The third-order valence-electron chi connectivity index (χ3n) is 4.02. The van der Waals surface area contributed by atoms with Gasteiger partial charge in [0.25, 0.3) is 0 Å². The van der Waals surface area contributed by atoms with Crippen LogP contribution < -0.4 is 11.1 Å². The van der Waals surface area contributed by atoms with Gasteiger partial charge in [0, 0.05) is 0 Å². The first-order valence-electron chi connectivity index (χ1n) is 7.03. The normalized spacial score (nSPS) is 27.1. The van der Waals surface area contributed by atoms with E-state index in [0.29, 0.717) is 29.2 Å². The minimum absolute atomic E-state index is 0.194. The Labute approximate surface area is 123 Å². The fraction of sp³-hybridized carbons (Fsp3) is 0.692. The average Bonchev–Trinajstić information content (AvgIpc) is 3.05. The Morgan fingerprint density at radius 1 is 1.30 bits per heavy atom. The Bertz CT molecular complexity index is 492. The summed E-state index contributed by atoms with van der Waals surface area (Å²) in [5.41, 5.74) is 6.39. The lowest BCUT2D eigenvalue weighted by Gasteiger charge is -2.28. The molecule has 2 aliphatic rings. The molecule has 3 rings (SSSR count). The molecule has 110 valence electrons. The number of rotatable bonds is 3. The molecule has 0 spiro atoms. The summed E-state index contributed by atoms with van der Waals surface area (Å²) in [5, 5.41) is 3.92. The minimum atomic E-state index is 0.194. The zero-order valence-electron chi connectivity index (χ0n) is 11.6. The lowest BCUT2D eigenvalue weighted by molar-refractivity contribution is 0.159. The molecule has 0 radical (unpaired) electrons. The van der Waals surface area contributed by atoms with Crippen LogP contribution in [0, 0.1) is 6.92 Å². The van der Waals surface area contributed by atoms with E-state index in [2.05, 4.69) is 20.2 Å². The highest BCUT2D eigenvalue weighted by molar-refractivity contribution is 6.33. The summed E-state index contributed by atoms with van der Waals surface area (Å²) in [7, 11) is 0. The molecule has 6 nitrogen and oxygen atoms in total. The predicted molar refractivity (Wildman–Crippen MR) is 79.0 cm³/mol. The molecule has 0 aliphatic carbocycles. The van der Waals surface area contributed by atoms with E-state index in [1.807, 2.05) is 6.92 Å². The van der Waals surface area contributed by atoms with E-state index in [1.54, 1.807) is 0 Å². The van der Waals surface area contributed by atoms with Crippen LogP contribution in [-0.4, -0.2) is 53.3 Å². The molecule has 7 heteroatoms. The van der Waals surface area contributed by atoms with Crippen molar-refractivity contribution < 1.29 is 4.74 Å². The number of hydrogen-bond acceptors (Lipinski definition) is 6. The van der Waals surface area contributed by atoms with Gasteiger partial charge in [-0.25, -0.2) is 4.98 Å². The van der Waals surface area contributed by atoms with Crippen LogP contribution in [0.3, 0.4) is 0 Å². The summed E-state index contributed by atoms with van der Waals surface area (Å²) >= 11 is 6.25. The number of hydrogen-bond donors (Lipinski definition) is 2. The summed E-state index contributed by atoms with van der Waals surface area (Å²) in [6.45, 7) is 5.54. The van der Waals surface area contributed by atoms with E-state index in [1.165, 1.54) is 12.8 Å². The second-order valence-electron chi connectivity index (χ2n) is 5.43. The number of likely N-dealkylation sites (tertiary alicyclic amines) is 1. The summed E-state index contributed by atoms with van der Waals surface area (Å²) in [4.78, 5) is 10.7. The number of aromatic nitrogens is 2. The molecule has 0 amide bonds. The lowest BCUT2D eigenvalue weighted by Crippen LogP contribution is -2.45. The molecule has 0 bridgehead atoms. The number of aryl methyl sites for hydroxylation is 1. The Morgan fingerprint density at radius 2 is 2.05 bits per heavy atom. The summed E-state index contributed by atoms with van der Waals surface area (Å²) in [5.74, 6) is 0.849. The number of nitrogens with zero attached hydrogens (tertiary/aromatic N) is 3. The van der Waals surface area contributed by atoms with Crippen molar-refractivity contribution in [2.75, 3.05) is 37.4 Å². The monoisotopic (exact) mass is 297 g/mol. The van der Waals surface area contributed by atoms with Crippen LogP contribution in [0.4, 0.5) is 11.8 Å². The van der Waals surface area contributed by atoms with Crippen molar-refractivity contribution in [3.63, 3.8) is 0 Å². The van der Waals surface area contributed by atoms with Crippen LogP contribution in [-0.2, 0) is 4.74 Å². The Morgan fingerprint density at radius 3 is 2.80 bits per heavy atom. The van der Waals surface area contributed by atoms with E-state index in [0.717, 1.165) is 19.7 Å². The minimum Gasteiger partial charge on any atom is -0.378 e. The highest BCUT2D eigenvalue weighted by atomic mass is 35.5. The molecule has 0 saturated carbocycles. The predicted octanol–water partition coefficient (Wildman–Crippen LogP) is 1.30. The first-order valence-corrected chi connectivity index (χ1v) is 7.41. The highest BCUT2D eigenvalue weighted by Crippen LogP contribution is 2.27. The summed E-state index contributed by atoms with van der Waals surface area (Å²) in [6, 6.07) is 0.573. The van der Waals surface area contributed by atoms with E-state index < -0.39 is 0 Å². The van der Waals surface area contributed by atoms with Gasteiger partial charge in [0.05, 0.1) is 31.0 Å². The molecular weight excluding hydrogens is 278 g/mol. The van der Waals surface area contributed by atoms with Gasteiger partial charge < -0.3 is 15.8 Å². The van der Waals surface area contributed by atoms with Crippen LogP contribution in [0.25, 0.3) is 0 Å². The van der Waals surface area contributed by atoms with Gasteiger partial charge in [0.15, 0.2) is 5.82 Å². The Balaban J connectivity index is 1.76. The van der Waals surface area contributed by atoms with Gasteiger partial charge in [-0.05, 0) is 32.9 Å². The van der Waals surface area contributed by atoms with Crippen LogP contribution in [0.15, 0.2) is 0 Å². The molecule has 1 aromatic heterocycles. The molecule has 2 fully saturated rings. The zero-order chi connectivity index (χ0) is 14.1. The van der Waals surface area contributed by atoms with E-state index in [-0.39, 0.29) is 12.0 Å². The maximum atomic E-state index is 6.25. The van der Waals surface area contributed by atoms with Crippen molar-refractivity contribution >= 4 is 23.4 Å². The van der Waals surface area contributed by atoms with Crippen molar-refractivity contribution in [3.8, 4) is 0 Å². The largest absolute Gasteiger partial charge is 0.378 e. The Kier molecular flexibility index (Phi) is 3.96. The maximum absolute atomic E-state index is 6.25. The molecule has 0 unspecified atom stereocenters. The Hall–Kier alpha value is -1.11. The van der Waals surface area contributed by atoms with Crippen molar-refractivity contribution in [2.45, 2.75) is 31.8 Å². The van der Waals surface area contributed by atoms with Gasteiger partial charge in [-0.2, -0.15) is 4.98 Å². The van der Waals surface area contributed by atoms with Crippen molar-refractivity contribution in [3.05, 3.63) is 10.7 Å². The molecule has 2 saturated heterocycles. The van der Waals surface area contributed by atoms with Gasteiger partial charge in [-0.1, -0.05) is 11.6 Å². The highest BCUT2D eigenvalue weighted by Gasteiger charge is 2.35. The molecule has 1 aromatic rings. The molecule has 0 aromatic carbocycles. The van der Waals surface area contributed by atoms with Crippen LogP contribution in [0.2, 0.25) is 5.02 Å². The molecule has 3 N–H and O–H groups in total. The molecule has 2 aliphatic heterocycles. The number of anilines is 2. The third kappa shape index (κ3) is 2.68. The second-order valence-corrected chi connectivity index (χ2v) is 5.81. The second kappa shape index (κ2) is 5.71. The van der Waals surface area contributed by atoms with Gasteiger partial charge >= 0.3 is 0 Å². The quantitative estimate of drug-likeness (QED) is 0.876. The standard InChI is InChI=1S/C13H20ClN5O/c1-8-11(14)12(18-13(15)16-8)17-9-6-20-7-10(9)19-4-2-3-5-19/h9-10H,2-7H2,1H3,(H3,15,16,17,18)/t9-,10-/m0/s1. The first kappa shape index (κ1) is 13.9. The zero-order valence-corrected chi connectivity index (χ0v) is 12.4. The van der Waals surface area contributed by atoms with Gasteiger partial charge in [-0.3, -0.25) is 4.90 Å². The maximum Gasteiger partial charge on any atom is 0.222 e. The topological polar surface area (TPSA) is 76.3 Å². The smallest absolute Gasteiger partial charge is 0.222 e. The number of ether oxygens (including phenoxy) is 1. The van der Waals surface area contributed by atoms with E-state index in [9.17, 15) is 0 Å². The molecular formula is C13H20ClN5O. The summed E-state index contributed by atoms with van der Waals surface area (Å²) < 4.78 is 5.63. The lowest BCUT2D eigenvalue weighted by atomic mass is 10.1. The van der Waals surface area contributed by atoms with Crippen molar-refractivity contribution in [1.82, 2.24) is 14.9 Å². The number of halogens is 1. The fourth-order valence-electron chi connectivity index (χ4n) is 2.97. The third-order valence-corrected chi connectivity index (χ3v) is 4.47. The number of nitrogen functional groups attached to an aromatic ring is 1. The van der Waals surface area contributed by atoms with Crippen LogP contribution >= 0.6 is 11.6 Å². The van der Waals surface area contributed by atoms with Gasteiger partial charge in [0.1, 0.15) is 5.02 Å². The van der Waals surface area contributed by atoms with Crippen LogP contribution in [0.1, 0.15) is 18.5 Å². The number of nitrogens with two attached hydrogens (primary N) is 1. The van der Waals surface area contributed by atoms with Crippen molar-refractivity contribution in [2.24, 2.45) is 0 Å². The average molecular weight is 298 g/mol. The SMILES string of the molecule is Cc1nc(N)nc(N[C@H]2COC[C@@H]2N2CCCC2)c1Cl. The van der Waals surface area contributed by atoms with Gasteiger partial charge in [0.2, 0.25) is 5.95 Å². The molecule has 3 heterocycles. The number of nitrogens with one attached hydrogen (secondary N) is 1. The van der Waals surface area contributed by atoms with E-state index >= 15 is 0 Å². The van der Waals surface area contributed by atoms with Crippen LogP contribution in [0.5, 0.6) is 0 Å². The molecule has 2 atom stereocenters. The summed E-state index contributed by atoms with van der Waals surface area (Å²) in [6.07, 6.45) is 2.53. The van der Waals surface area contributed by atoms with E-state index in [4.69, 9.17) is 22.1 Å². The van der Waals surface area contributed by atoms with Gasteiger partial charge in [-0.15, -0.1) is 0 Å².